The molecular weight excluding hydrogens is 398 g/mol. The Labute approximate surface area is 133 Å². The number of benzene rings is 2. The van der Waals surface area contributed by atoms with Gasteiger partial charge in [0.2, 0.25) is 0 Å². The smallest absolute Gasteiger partial charge is 0.137 e. The van der Waals surface area contributed by atoms with Crippen molar-refractivity contribution in [1.82, 2.24) is 0 Å². The number of halogens is 4. The molecule has 2 aromatic rings. The van der Waals surface area contributed by atoms with E-state index in [1.54, 1.807) is 12.1 Å². The summed E-state index contributed by atoms with van der Waals surface area (Å²) < 4.78 is 19.5. The Kier molecular flexibility index (Phi) is 5.25. The lowest BCUT2D eigenvalue weighted by Crippen LogP contribution is -1.99. The van der Waals surface area contributed by atoms with E-state index >= 15 is 0 Å². The van der Waals surface area contributed by atoms with Crippen molar-refractivity contribution < 1.29 is 9.13 Å². The van der Waals surface area contributed by atoms with Gasteiger partial charge < -0.3 is 4.74 Å². The third-order valence-corrected chi connectivity index (χ3v) is 4.31. The molecule has 0 N–H and O–H groups in total. The van der Waals surface area contributed by atoms with E-state index in [-0.39, 0.29) is 5.82 Å². The summed E-state index contributed by atoms with van der Waals surface area (Å²) in [6.07, 6.45) is 0. The minimum Gasteiger partial charge on any atom is -0.489 e. The van der Waals surface area contributed by atoms with Gasteiger partial charge in [-0.15, -0.1) is 0 Å². The van der Waals surface area contributed by atoms with Crippen LogP contribution < -0.4 is 4.74 Å². The molecule has 0 amide bonds. The second kappa shape index (κ2) is 6.73. The molecule has 1 nitrogen and oxygen atoms in total. The van der Waals surface area contributed by atoms with Crippen molar-refractivity contribution in [2.45, 2.75) is 11.9 Å². The Morgan fingerprint density at radius 2 is 1.95 bits per heavy atom. The molecule has 5 heteroatoms. The average molecular weight is 408 g/mol. The van der Waals surface area contributed by atoms with Gasteiger partial charge >= 0.3 is 0 Å². The van der Waals surface area contributed by atoms with Gasteiger partial charge in [-0.05, 0) is 40.2 Å². The van der Waals surface area contributed by atoms with Crippen LogP contribution in [0.25, 0.3) is 0 Å². The molecule has 0 atom stereocenters. The zero-order valence-electron chi connectivity index (χ0n) is 9.80. The molecule has 0 fully saturated rings. The van der Waals surface area contributed by atoms with Crippen LogP contribution >= 0.6 is 43.5 Å². The summed E-state index contributed by atoms with van der Waals surface area (Å²) >= 11 is 12.5. The zero-order chi connectivity index (χ0) is 13.8. The summed E-state index contributed by atoms with van der Waals surface area (Å²) in [5, 5.41) is 1.31. The van der Waals surface area contributed by atoms with Crippen LogP contribution in [-0.4, -0.2) is 0 Å². The fourth-order valence-corrected chi connectivity index (χ4v) is 2.62. The summed E-state index contributed by atoms with van der Waals surface area (Å²) in [4.78, 5) is 0. The van der Waals surface area contributed by atoms with Gasteiger partial charge in [0.1, 0.15) is 18.2 Å². The molecule has 0 aromatic heterocycles. The van der Waals surface area contributed by atoms with Crippen molar-refractivity contribution in [3.63, 3.8) is 0 Å². The molecule has 2 rings (SSSR count). The van der Waals surface area contributed by atoms with Gasteiger partial charge in [0.05, 0.1) is 4.47 Å². The summed E-state index contributed by atoms with van der Waals surface area (Å²) in [7, 11) is 0. The third kappa shape index (κ3) is 3.71. The summed E-state index contributed by atoms with van der Waals surface area (Å²) in [6.45, 7) is 0.292. The SMILES string of the molecule is Fc1cccc(COc2ccc(Cl)cc2CBr)c1Br. The minimum atomic E-state index is -0.294. The molecule has 0 spiro atoms. The Bertz CT molecular complexity index is 590. The van der Waals surface area contributed by atoms with Crippen molar-refractivity contribution in [2.24, 2.45) is 0 Å². The van der Waals surface area contributed by atoms with Crippen LogP contribution in [0.1, 0.15) is 11.1 Å². The Morgan fingerprint density at radius 3 is 2.68 bits per heavy atom. The van der Waals surface area contributed by atoms with Crippen LogP contribution in [0.4, 0.5) is 4.39 Å². The highest BCUT2D eigenvalue weighted by Gasteiger charge is 2.08. The van der Waals surface area contributed by atoms with Crippen molar-refractivity contribution in [1.29, 1.82) is 0 Å². The topological polar surface area (TPSA) is 9.23 Å². The van der Waals surface area contributed by atoms with Gasteiger partial charge in [0, 0.05) is 21.5 Å². The van der Waals surface area contributed by atoms with Crippen molar-refractivity contribution in [3.05, 3.63) is 62.8 Å². The van der Waals surface area contributed by atoms with Crippen molar-refractivity contribution in [2.75, 3.05) is 0 Å². The van der Waals surface area contributed by atoms with Crippen LogP contribution in [-0.2, 0) is 11.9 Å². The van der Waals surface area contributed by atoms with Gasteiger partial charge in [-0.3, -0.25) is 0 Å². The Hall–Kier alpha value is -0.580. The molecule has 0 unspecified atom stereocenters. The zero-order valence-corrected chi connectivity index (χ0v) is 13.7. The van der Waals surface area contributed by atoms with Gasteiger partial charge in [0.25, 0.3) is 0 Å². The fourth-order valence-electron chi connectivity index (χ4n) is 1.61. The number of rotatable bonds is 4. The molecule has 0 aliphatic carbocycles. The second-order valence-electron chi connectivity index (χ2n) is 3.89. The first kappa shape index (κ1) is 14.8. The predicted octanol–water partition coefficient (Wildman–Crippen LogP) is 5.72. The molecule has 100 valence electrons. The molecule has 0 radical (unpaired) electrons. The fraction of sp³-hybridized carbons (Fsp3) is 0.143. The monoisotopic (exact) mass is 406 g/mol. The summed E-state index contributed by atoms with van der Waals surface area (Å²) in [6, 6.07) is 10.3. The first-order valence-corrected chi connectivity index (χ1v) is 7.81. The molecule has 0 bridgehead atoms. The number of ether oxygens (including phenoxy) is 1. The van der Waals surface area contributed by atoms with E-state index in [4.69, 9.17) is 16.3 Å². The van der Waals surface area contributed by atoms with Crippen molar-refractivity contribution >= 4 is 43.5 Å². The Morgan fingerprint density at radius 1 is 1.16 bits per heavy atom. The normalized spacial score (nSPS) is 10.5. The van der Waals surface area contributed by atoms with Crippen LogP contribution in [0, 0.1) is 5.82 Å². The minimum absolute atomic E-state index is 0.292. The van der Waals surface area contributed by atoms with Crippen LogP contribution in [0.3, 0.4) is 0 Å². The molecular formula is C14H10Br2ClFO. The quantitative estimate of drug-likeness (QED) is 0.589. The maximum atomic E-state index is 13.4. The summed E-state index contributed by atoms with van der Waals surface area (Å²) in [5.74, 6) is 0.440. The average Bonchev–Trinajstić information content (AvgIpc) is 2.41. The van der Waals surface area contributed by atoms with Gasteiger partial charge in [-0.1, -0.05) is 39.7 Å². The highest BCUT2D eigenvalue weighted by atomic mass is 79.9. The molecule has 0 saturated carbocycles. The van der Waals surface area contributed by atoms with E-state index in [0.29, 0.717) is 21.4 Å². The maximum Gasteiger partial charge on any atom is 0.137 e. The molecule has 2 aromatic carbocycles. The number of alkyl halides is 1. The lowest BCUT2D eigenvalue weighted by molar-refractivity contribution is 0.302. The predicted molar refractivity (Wildman–Crippen MR) is 82.5 cm³/mol. The molecule has 0 aliphatic heterocycles. The van der Waals surface area contributed by atoms with E-state index in [1.165, 1.54) is 6.07 Å². The highest BCUT2D eigenvalue weighted by molar-refractivity contribution is 9.10. The van der Waals surface area contributed by atoms with E-state index < -0.39 is 0 Å². The Balaban J connectivity index is 2.17. The molecule has 0 saturated heterocycles. The lowest BCUT2D eigenvalue weighted by atomic mass is 10.2. The van der Waals surface area contributed by atoms with E-state index in [9.17, 15) is 4.39 Å². The lowest BCUT2D eigenvalue weighted by Gasteiger charge is -2.11. The number of hydrogen-bond donors (Lipinski definition) is 0. The van der Waals surface area contributed by atoms with Gasteiger partial charge in [-0.2, -0.15) is 0 Å². The van der Waals surface area contributed by atoms with E-state index in [1.807, 2.05) is 18.2 Å². The van der Waals surface area contributed by atoms with Crippen LogP contribution in [0.5, 0.6) is 5.75 Å². The van der Waals surface area contributed by atoms with Gasteiger partial charge in [-0.25, -0.2) is 4.39 Å². The van der Waals surface area contributed by atoms with Crippen LogP contribution in [0.2, 0.25) is 5.02 Å². The standard InChI is InChI=1S/C14H10Br2ClFO/c15-7-10-6-11(17)4-5-13(10)19-8-9-2-1-3-12(18)14(9)16/h1-6H,7-8H2. The first-order chi connectivity index (χ1) is 9.11. The number of hydrogen-bond acceptors (Lipinski definition) is 1. The first-order valence-electron chi connectivity index (χ1n) is 5.52. The highest BCUT2D eigenvalue weighted by Crippen LogP contribution is 2.27. The molecule has 0 aliphatic rings. The maximum absolute atomic E-state index is 13.4. The largest absolute Gasteiger partial charge is 0.489 e. The van der Waals surface area contributed by atoms with E-state index in [0.717, 1.165) is 16.9 Å². The molecule has 19 heavy (non-hydrogen) atoms. The van der Waals surface area contributed by atoms with Crippen molar-refractivity contribution in [3.8, 4) is 5.75 Å². The second-order valence-corrected chi connectivity index (χ2v) is 5.68. The summed E-state index contributed by atoms with van der Waals surface area (Å²) in [5.41, 5.74) is 1.72. The van der Waals surface area contributed by atoms with E-state index in [2.05, 4.69) is 31.9 Å². The molecule has 0 heterocycles. The van der Waals surface area contributed by atoms with Crippen LogP contribution in [0.15, 0.2) is 40.9 Å². The third-order valence-electron chi connectivity index (χ3n) is 2.58. The van der Waals surface area contributed by atoms with Gasteiger partial charge in [0.15, 0.2) is 0 Å².